The van der Waals surface area contributed by atoms with Crippen LogP contribution in [0.3, 0.4) is 0 Å². The van der Waals surface area contributed by atoms with E-state index in [1.807, 2.05) is 31.2 Å². The third-order valence-electron chi connectivity index (χ3n) is 3.58. The maximum absolute atomic E-state index is 12.4. The predicted molar refractivity (Wildman–Crippen MR) is 82.3 cm³/mol. The third-order valence-corrected chi connectivity index (χ3v) is 3.58. The number of ketones is 1. The summed E-state index contributed by atoms with van der Waals surface area (Å²) in [5.41, 5.74) is 2.04. The molecule has 2 aromatic carbocycles. The molecule has 0 radical (unpaired) electrons. The lowest BCUT2D eigenvalue weighted by molar-refractivity contribution is -0.0885. The van der Waals surface area contributed by atoms with E-state index >= 15 is 0 Å². The second-order valence-electron chi connectivity index (χ2n) is 5.32. The molecule has 0 saturated carbocycles. The van der Waals surface area contributed by atoms with E-state index in [9.17, 15) is 18.0 Å². The van der Waals surface area contributed by atoms with E-state index in [0.29, 0.717) is 11.3 Å². The van der Waals surface area contributed by atoms with Crippen molar-refractivity contribution in [3.8, 4) is 11.3 Å². The van der Waals surface area contributed by atoms with E-state index in [1.54, 1.807) is 6.20 Å². The molecule has 0 fully saturated rings. The second kappa shape index (κ2) is 5.50. The highest BCUT2D eigenvalue weighted by molar-refractivity contribution is 6.00. The van der Waals surface area contributed by atoms with Crippen LogP contribution in [0.1, 0.15) is 15.9 Å². The highest BCUT2D eigenvalue weighted by Gasteiger charge is 2.39. The number of alkyl halides is 3. The Bertz CT molecular complexity index is 883. The Morgan fingerprint density at radius 2 is 1.65 bits per heavy atom. The van der Waals surface area contributed by atoms with Crippen molar-refractivity contribution >= 4 is 16.6 Å². The summed E-state index contributed by atoms with van der Waals surface area (Å²) in [5, 5.41) is 1.99. The topological polar surface area (TPSA) is 30.0 Å². The standard InChI is InChI=1S/C18H12F3NO/c1-11-2-3-14-10-22-16(9-15(14)8-11)12-4-6-13(7-5-12)17(23)18(19,20)21/h2-10H,1H3. The monoisotopic (exact) mass is 315 g/mol. The van der Waals surface area contributed by atoms with E-state index in [2.05, 4.69) is 4.98 Å². The van der Waals surface area contributed by atoms with Crippen LogP contribution in [0.15, 0.2) is 54.7 Å². The number of aryl methyl sites for hydroxylation is 1. The van der Waals surface area contributed by atoms with Crippen molar-refractivity contribution in [1.82, 2.24) is 4.98 Å². The molecule has 0 N–H and O–H groups in total. The highest BCUT2D eigenvalue weighted by atomic mass is 19.4. The van der Waals surface area contributed by atoms with Gasteiger partial charge < -0.3 is 0 Å². The molecule has 0 amide bonds. The van der Waals surface area contributed by atoms with Crippen LogP contribution in [0.5, 0.6) is 0 Å². The van der Waals surface area contributed by atoms with Crippen molar-refractivity contribution in [1.29, 1.82) is 0 Å². The first-order valence-electron chi connectivity index (χ1n) is 6.93. The molecule has 1 aromatic heterocycles. The maximum atomic E-state index is 12.4. The quantitative estimate of drug-likeness (QED) is 0.626. The zero-order valence-corrected chi connectivity index (χ0v) is 12.2. The van der Waals surface area contributed by atoms with Gasteiger partial charge >= 0.3 is 6.18 Å². The summed E-state index contributed by atoms with van der Waals surface area (Å²) < 4.78 is 37.2. The summed E-state index contributed by atoms with van der Waals surface area (Å²) in [6.45, 7) is 1.98. The SMILES string of the molecule is Cc1ccc2cnc(-c3ccc(C(=O)C(F)(F)F)cc3)cc2c1. The molecule has 2 nitrogen and oxygen atoms in total. The molecule has 0 aliphatic rings. The minimum Gasteiger partial charge on any atom is -0.284 e. The molecule has 5 heteroatoms. The van der Waals surface area contributed by atoms with Gasteiger partial charge in [-0.1, -0.05) is 48.0 Å². The highest BCUT2D eigenvalue weighted by Crippen LogP contribution is 2.25. The molecule has 23 heavy (non-hydrogen) atoms. The molecule has 3 aromatic rings. The number of Topliss-reactive ketones (excluding diaryl/α,β-unsaturated/α-hetero) is 1. The summed E-state index contributed by atoms with van der Waals surface area (Å²) in [5.74, 6) is -1.84. The van der Waals surface area contributed by atoms with Crippen molar-refractivity contribution in [3.05, 3.63) is 65.9 Å². The first-order valence-corrected chi connectivity index (χ1v) is 6.93. The van der Waals surface area contributed by atoms with Gasteiger partial charge in [-0.2, -0.15) is 13.2 Å². The van der Waals surface area contributed by atoms with Crippen molar-refractivity contribution in [2.24, 2.45) is 0 Å². The van der Waals surface area contributed by atoms with E-state index in [0.717, 1.165) is 16.3 Å². The van der Waals surface area contributed by atoms with Gasteiger partial charge in [-0.25, -0.2) is 0 Å². The fourth-order valence-corrected chi connectivity index (χ4v) is 2.37. The molecular formula is C18H12F3NO. The Morgan fingerprint density at radius 3 is 2.30 bits per heavy atom. The number of aromatic nitrogens is 1. The van der Waals surface area contributed by atoms with Gasteiger partial charge in [0.25, 0.3) is 5.78 Å². The fourth-order valence-electron chi connectivity index (χ4n) is 2.37. The smallest absolute Gasteiger partial charge is 0.284 e. The van der Waals surface area contributed by atoms with Crippen LogP contribution in [-0.2, 0) is 0 Å². The fraction of sp³-hybridized carbons (Fsp3) is 0.111. The molecule has 1 heterocycles. The van der Waals surface area contributed by atoms with Crippen molar-refractivity contribution in [2.75, 3.05) is 0 Å². The number of hydrogen-bond donors (Lipinski definition) is 0. The van der Waals surface area contributed by atoms with Gasteiger partial charge in [0.15, 0.2) is 0 Å². The van der Waals surface area contributed by atoms with Gasteiger partial charge in [0.05, 0.1) is 5.69 Å². The summed E-state index contributed by atoms with van der Waals surface area (Å²) in [6.07, 6.45) is -3.14. The molecule has 0 unspecified atom stereocenters. The predicted octanol–water partition coefficient (Wildman–Crippen LogP) is 4.96. The number of fused-ring (bicyclic) bond motifs is 1. The van der Waals surface area contributed by atoms with Crippen LogP contribution in [0.25, 0.3) is 22.0 Å². The largest absolute Gasteiger partial charge is 0.454 e. The first kappa shape index (κ1) is 15.2. The molecule has 0 saturated heterocycles. The zero-order valence-electron chi connectivity index (χ0n) is 12.2. The number of halogens is 3. The first-order chi connectivity index (χ1) is 10.8. The Hall–Kier alpha value is -2.69. The minimum absolute atomic E-state index is 0.377. The van der Waals surface area contributed by atoms with Gasteiger partial charge in [0.2, 0.25) is 0 Å². The Kier molecular flexibility index (Phi) is 3.64. The molecule has 116 valence electrons. The number of pyridine rings is 1. The average molecular weight is 315 g/mol. The second-order valence-corrected chi connectivity index (χ2v) is 5.32. The summed E-state index contributed by atoms with van der Waals surface area (Å²) in [6, 6.07) is 13.1. The van der Waals surface area contributed by atoms with Crippen LogP contribution < -0.4 is 0 Å². The van der Waals surface area contributed by atoms with E-state index in [1.165, 1.54) is 24.3 Å². The molecule has 3 rings (SSSR count). The number of benzene rings is 2. The lowest BCUT2D eigenvalue weighted by Crippen LogP contribution is -2.22. The molecule has 0 aliphatic heterocycles. The number of hydrogen-bond acceptors (Lipinski definition) is 2. The normalized spacial score (nSPS) is 11.7. The van der Waals surface area contributed by atoms with E-state index < -0.39 is 12.0 Å². The van der Waals surface area contributed by atoms with Gasteiger partial charge in [-0.15, -0.1) is 0 Å². The molecular weight excluding hydrogens is 303 g/mol. The van der Waals surface area contributed by atoms with Crippen molar-refractivity contribution in [3.63, 3.8) is 0 Å². The number of nitrogens with zero attached hydrogens (tertiary/aromatic N) is 1. The lowest BCUT2D eigenvalue weighted by Gasteiger charge is -2.07. The third kappa shape index (κ3) is 3.08. The Labute approximate surface area is 130 Å². The van der Waals surface area contributed by atoms with E-state index in [-0.39, 0.29) is 5.56 Å². The summed E-state index contributed by atoms with van der Waals surface area (Å²) >= 11 is 0. The maximum Gasteiger partial charge on any atom is 0.454 e. The number of carbonyl (C=O) groups excluding carboxylic acids is 1. The van der Waals surface area contributed by atoms with Crippen LogP contribution in [-0.4, -0.2) is 16.9 Å². The van der Waals surface area contributed by atoms with Gasteiger partial charge in [-0.05, 0) is 18.4 Å². The van der Waals surface area contributed by atoms with Crippen molar-refractivity contribution in [2.45, 2.75) is 13.1 Å². The average Bonchev–Trinajstić information content (AvgIpc) is 2.52. The summed E-state index contributed by atoms with van der Waals surface area (Å²) in [4.78, 5) is 15.5. The van der Waals surface area contributed by atoms with Crippen LogP contribution in [0.4, 0.5) is 13.2 Å². The Balaban J connectivity index is 1.97. The van der Waals surface area contributed by atoms with Gasteiger partial charge in [0.1, 0.15) is 0 Å². The zero-order chi connectivity index (χ0) is 16.6. The number of carbonyl (C=O) groups is 1. The minimum atomic E-state index is -4.86. The number of rotatable bonds is 2. The van der Waals surface area contributed by atoms with Crippen LogP contribution in [0, 0.1) is 6.92 Å². The molecule has 0 atom stereocenters. The molecule has 0 bridgehead atoms. The Morgan fingerprint density at radius 1 is 0.957 bits per heavy atom. The molecule has 0 spiro atoms. The summed E-state index contributed by atoms with van der Waals surface area (Å²) in [7, 11) is 0. The van der Waals surface area contributed by atoms with Crippen LogP contribution >= 0.6 is 0 Å². The van der Waals surface area contributed by atoms with Gasteiger partial charge in [0, 0.05) is 22.7 Å². The van der Waals surface area contributed by atoms with E-state index in [4.69, 9.17) is 0 Å². The molecule has 0 aliphatic carbocycles. The lowest BCUT2D eigenvalue weighted by atomic mass is 10.0. The van der Waals surface area contributed by atoms with Crippen molar-refractivity contribution < 1.29 is 18.0 Å². The van der Waals surface area contributed by atoms with Crippen LogP contribution in [0.2, 0.25) is 0 Å². The van der Waals surface area contributed by atoms with Gasteiger partial charge in [-0.3, -0.25) is 9.78 Å².